The van der Waals surface area contributed by atoms with Crippen molar-refractivity contribution in [2.45, 2.75) is 60.0 Å². The lowest BCUT2D eigenvalue weighted by Gasteiger charge is -2.37. The standard InChI is InChI=1S/C33H40N4O4/c1-7-31(38)36-25-10-9-20(3)27(18-25)24-16-28(32(39)34-19-29-21(4)15-22(5)35-33(29)40)23(6)30(17-24)37(8-2)26-11-13-41-14-12-26/h7,9-10,15-18,26H,1,8,11-14,19H2,2-6H3,(H,34,39)(H,35,40)(H,36,38). The molecule has 2 amide bonds. The van der Waals surface area contributed by atoms with E-state index in [1.54, 1.807) is 0 Å². The molecule has 8 nitrogen and oxygen atoms in total. The Bertz CT molecular complexity index is 1520. The Morgan fingerprint density at radius 3 is 2.46 bits per heavy atom. The minimum absolute atomic E-state index is 0.124. The second-order valence-electron chi connectivity index (χ2n) is 10.6. The molecule has 41 heavy (non-hydrogen) atoms. The zero-order valence-electron chi connectivity index (χ0n) is 24.6. The Labute approximate surface area is 241 Å². The normalized spacial score (nSPS) is 13.5. The number of aromatic amines is 1. The number of aromatic nitrogens is 1. The first-order chi connectivity index (χ1) is 19.6. The average Bonchev–Trinajstić information content (AvgIpc) is 2.95. The number of carbonyl (C=O) groups is 2. The van der Waals surface area contributed by atoms with Crippen LogP contribution >= 0.6 is 0 Å². The van der Waals surface area contributed by atoms with Gasteiger partial charge in [0, 0.05) is 60.5 Å². The number of carbonyl (C=O) groups excluding carboxylic acids is 2. The molecule has 1 aliphatic heterocycles. The maximum absolute atomic E-state index is 13.8. The van der Waals surface area contributed by atoms with E-state index in [-0.39, 0.29) is 23.9 Å². The van der Waals surface area contributed by atoms with Crippen molar-refractivity contribution in [1.82, 2.24) is 10.3 Å². The van der Waals surface area contributed by atoms with Crippen molar-refractivity contribution in [3.8, 4) is 11.1 Å². The first-order valence-corrected chi connectivity index (χ1v) is 14.1. The topological polar surface area (TPSA) is 104 Å². The van der Waals surface area contributed by atoms with Crippen molar-refractivity contribution in [3.63, 3.8) is 0 Å². The van der Waals surface area contributed by atoms with E-state index in [9.17, 15) is 14.4 Å². The second kappa shape index (κ2) is 13.0. The minimum Gasteiger partial charge on any atom is -0.381 e. The number of rotatable bonds is 9. The van der Waals surface area contributed by atoms with Gasteiger partial charge < -0.3 is 25.3 Å². The number of pyridine rings is 1. The number of nitrogens with one attached hydrogen (secondary N) is 3. The molecular formula is C33H40N4O4. The molecular weight excluding hydrogens is 516 g/mol. The van der Waals surface area contributed by atoms with Gasteiger partial charge in [0.2, 0.25) is 5.91 Å². The zero-order valence-corrected chi connectivity index (χ0v) is 24.6. The van der Waals surface area contributed by atoms with Crippen molar-refractivity contribution in [3.05, 3.63) is 92.9 Å². The zero-order chi connectivity index (χ0) is 29.7. The van der Waals surface area contributed by atoms with Gasteiger partial charge in [-0.25, -0.2) is 0 Å². The highest BCUT2D eigenvalue weighted by molar-refractivity contribution is 6.00. The molecule has 1 aliphatic rings. The highest BCUT2D eigenvalue weighted by Crippen LogP contribution is 2.36. The van der Waals surface area contributed by atoms with Crippen LogP contribution in [0.4, 0.5) is 11.4 Å². The van der Waals surface area contributed by atoms with Gasteiger partial charge in [-0.05, 0) is 112 Å². The van der Waals surface area contributed by atoms with E-state index in [2.05, 4.69) is 40.1 Å². The summed E-state index contributed by atoms with van der Waals surface area (Å²) in [7, 11) is 0. The predicted molar refractivity (Wildman–Crippen MR) is 165 cm³/mol. The summed E-state index contributed by atoms with van der Waals surface area (Å²) in [5.74, 6) is -0.538. The van der Waals surface area contributed by atoms with Gasteiger partial charge in [-0.3, -0.25) is 14.4 Å². The number of amides is 2. The van der Waals surface area contributed by atoms with Crippen LogP contribution in [-0.2, 0) is 16.1 Å². The van der Waals surface area contributed by atoms with Crippen molar-refractivity contribution >= 4 is 23.2 Å². The number of H-pyrrole nitrogens is 1. The lowest BCUT2D eigenvalue weighted by molar-refractivity contribution is -0.111. The van der Waals surface area contributed by atoms with E-state index >= 15 is 0 Å². The summed E-state index contributed by atoms with van der Waals surface area (Å²) < 4.78 is 5.63. The van der Waals surface area contributed by atoms with Gasteiger partial charge in [0.15, 0.2) is 0 Å². The molecule has 0 radical (unpaired) electrons. The summed E-state index contributed by atoms with van der Waals surface area (Å²) in [5, 5.41) is 5.83. The third-order valence-corrected chi connectivity index (χ3v) is 7.83. The van der Waals surface area contributed by atoms with Crippen molar-refractivity contribution in [2.75, 3.05) is 30.0 Å². The Kier molecular flexibility index (Phi) is 9.45. The third kappa shape index (κ3) is 6.77. The number of hydrogen-bond acceptors (Lipinski definition) is 5. The van der Waals surface area contributed by atoms with Crippen molar-refractivity contribution in [1.29, 1.82) is 0 Å². The van der Waals surface area contributed by atoms with Crippen LogP contribution in [0.1, 0.15) is 58.1 Å². The summed E-state index contributed by atoms with van der Waals surface area (Å²) in [6, 6.07) is 12.0. The number of benzene rings is 2. The Balaban J connectivity index is 1.79. The van der Waals surface area contributed by atoms with E-state index in [0.29, 0.717) is 36.1 Å². The van der Waals surface area contributed by atoms with E-state index in [4.69, 9.17) is 4.74 Å². The molecule has 216 valence electrons. The molecule has 1 saturated heterocycles. The van der Waals surface area contributed by atoms with E-state index in [0.717, 1.165) is 58.6 Å². The number of nitrogens with zero attached hydrogens (tertiary/aromatic N) is 1. The molecule has 2 heterocycles. The van der Waals surface area contributed by atoms with Crippen LogP contribution < -0.4 is 21.1 Å². The summed E-state index contributed by atoms with van der Waals surface area (Å²) >= 11 is 0. The molecule has 0 unspecified atom stereocenters. The van der Waals surface area contributed by atoms with Gasteiger partial charge in [0.25, 0.3) is 11.5 Å². The van der Waals surface area contributed by atoms with Crippen molar-refractivity contribution in [2.24, 2.45) is 0 Å². The fourth-order valence-electron chi connectivity index (χ4n) is 5.58. The number of hydrogen-bond donors (Lipinski definition) is 3. The molecule has 4 rings (SSSR count). The predicted octanol–water partition coefficient (Wildman–Crippen LogP) is 5.34. The molecule has 0 atom stereocenters. The molecule has 1 fully saturated rings. The van der Waals surface area contributed by atoms with Crippen LogP contribution in [0.25, 0.3) is 11.1 Å². The molecule has 0 bridgehead atoms. The van der Waals surface area contributed by atoms with E-state index in [1.807, 2.05) is 58.0 Å². The van der Waals surface area contributed by atoms with Gasteiger partial charge in [-0.15, -0.1) is 0 Å². The van der Waals surface area contributed by atoms with Gasteiger partial charge in [-0.1, -0.05) is 12.6 Å². The third-order valence-electron chi connectivity index (χ3n) is 7.83. The Morgan fingerprint density at radius 1 is 1.07 bits per heavy atom. The molecule has 2 aromatic carbocycles. The van der Waals surface area contributed by atoms with E-state index < -0.39 is 0 Å². The SMILES string of the molecule is C=CC(=O)Nc1ccc(C)c(-c2cc(C(=O)NCc3c(C)cc(C)[nH]c3=O)c(C)c(N(CC)C3CCOCC3)c2)c1. The molecule has 0 spiro atoms. The first kappa shape index (κ1) is 29.8. The minimum atomic E-state index is -0.289. The monoisotopic (exact) mass is 556 g/mol. The van der Waals surface area contributed by atoms with Crippen LogP contribution in [0.3, 0.4) is 0 Å². The first-order valence-electron chi connectivity index (χ1n) is 14.1. The molecule has 3 aromatic rings. The molecule has 1 aromatic heterocycles. The Hall–Kier alpha value is -4.17. The van der Waals surface area contributed by atoms with Crippen LogP contribution in [0.15, 0.2) is 53.8 Å². The number of ether oxygens (including phenoxy) is 1. The molecule has 8 heteroatoms. The van der Waals surface area contributed by atoms with Crippen molar-refractivity contribution < 1.29 is 14.3 Å². The second-order valence-corrected chi connectivity index (χ2v) is 10.6. The maximum Gasteiger partial charge on any atom is 0.253 e. The summed E-state index contributed by atoms with van der Waals surface area (Å²) in [6.45, 7) is 15.7. The van der Waals surface area contributed by atoms with Crippen LogP contribution in [0.2, 0.25) is 0 Å². The van der Waals surface area contributed by atoms with Gasteiger partial charge in [0.1, 0.15) is 0 Å². The fraction of sp³-hybridized carbons (Fsp3) is 0.364. The Morgan fingerprint density at radius 2 is 1.80 bits per heavy atom. The fourth-order valence-corrected chi connectivity index (χ4v) is 5.58. The lowest BCUT2D eigenvalue weighted by atomic mass is 9.93. The molecule has 0 aliphatic carbocycles. The lowest BCUT2D eigenvalue weighted by Crippen LogP contribution is -2.40. The van der Waals surface area contributed by atoms with Crippen LogP contribution in [0.5, 0.6) is 0 Å². The van der Waals surface area contributed by atoms with Crippen LogP contribution in [0, 0.1) is 27.7 Å². The summed E-state index contributed by atoms with van der Waals surface area (Å²) in [6.07, 6.45) is 3.06. The van der Waals surface area contributed by atoms with E-state index in [1.165, 1.54) is 6.08 Å². The van der Waals surface area contributed by atoms with Gasteiger partial charge >= 0.3 is 0 Å². The highest BCUT2D eigenvalue weighted by Gasteiger charge is 2.25. The van der Waals surface area contributed by atoms with Crippen LogP contribution in [-0.4, -0.2) is 42.6 Å². The molecule has 3 N–H and O–H groups in total. The number of aryl methyl sites for hydroxylation is 3. The van der Waals surface area contributed by atoms with Gasteiger partial charge in [-0.2, -0.15) is 0 Å². The molecule has 0 saturated carbocycles. The van der Waals surface area contributed by atoms with Gasteiger partial charge in [0.05, 0.1) is 0 Å². The highest BCUT2D eigenvalue weighted by atomic mass is 16.5. The number of anilines is 2. The summed E-state index contributed by atoms with van der Waals surface area (Å²) in [4.78, 5) is 43.5. The summed E-state index contributed by atoms with van der Waals surface area (Å²) in [5.41, 5.74) is 7.82. The smallest absolute Gasteiger partial charge is 0.253 e. The quantitative estimate of drug-likeness (QED) is 0.309. The largest absolute Gasteiger partial charge is 0.381 e. The average molecular weight is 557 g/mol. The maximum atomic E-state index is 13.8.